The number of hydrogen-bond donors (Lipinski definition) is 1. The van der Waals surface area contributed by atoms with E-state index in [0.29, 0.717) is 5.13 Å². The van der Waals surface area contributed by atoms with Crippen LogP contribution in [0.25, 0.3) is 11.3 Å². The number of aryl methyl sites for hydroxylation is 2. The molecule has 0 aliphatic heterocycles. The minimum atomic E-state index is -0.246. The number of unbranched alkanes of at least 4 members (excludes halogenated alkanes) is 1. The van der Waals surface area contributed by atoms with Crippen LogP contribution in [-0.2, 0) is 17.8 Å². The summed E-state index contributed by atoms with van der Waals surface area (Å²) in [6.07, 6.45) is 3.48. The first kappa shape index (κ1) is 18.5. The normalized spacial score (nSPS) is 10.8. The van der Waals surface area contributed by atoms with Crippen molar-refractivity contribution in [3.05, 3.63) is 56.0 Å². The van der Waals surface area contributed by atoms with Crippen LogP contribution >= 0.6 is 22.7 Å². The van der Waals surface area contributed by atoms with Crippen molar-refractivity contribution in [2.75, 3.05) is 5.32 Å². The van der Waals surface area contributed by atoms with Crippen LogP contribution in [0.15, 0.2) is 39.8 Å². The molecule has 2 aromatic heterocycles. The number of nitrogens with zero attached hydrogens (tertiary/aromatic N) is 2. The van der Waals surface area contributed by atoms with Crippen LogP contribution < -0.4 is 10.2 Å². The van der Waals surface area contributed by atoms with E-state index in [1.54, 1.807) is 5.38 Å². The lowest BCUT2D eigenvalue weighted by Gasteiger charge is -2.04. The lowest BCUT2D eigenvalue weighted by atomic mass is 10.1. The Bertz CT molecular complexity index is 938. The maximum atomic E-state index is 12.2. The summed E-state index contributed by atoms with van der Waals surface area (Å²) in [5.41, 5.74) is 4.00. The molecule has 0 saturated carbocycles. The Morgan fingerprint density at radius 3 is 2.62 bits per heavy atom. The predicted molar refractivity (Wildman–Crippen MR) is 108 cm³/mol. The number of hydrogen-bond acceptors (Lipinski definition) is 5. The number of carbonyl (C=O) groups excluding carboxylic acids is 1. The highest BCUT2D eigenvalue weighted by atomic mass is 32.1. The molecule has 0 unspecified atom stereocenters. The van der Waals surface area contributed by atoms with Gasteiger partial charge in [0.2, 0.25) is 5.91 Å². The van der Waals surface area contributed by atoms with Gasteiger partial charge in [-0.2, -0.15) is 0 Å². The standard InChI is InChI=1S/C19H21N3O2S2/c1-3-4-5-14-6-8-15(9-7-14)16-12-25-18(20-16)21-17(23)10-22-13(2)11-26-19(22)24/h6-9,11-12H,3-5,10H2,1-2H3,(H,20,21,23). The van der Waals surface area contributed by atoms with Gasteiger partial charge >= 0.3 is 4.87 Å². The fourth-order valence-electron chi connectivity index (χ4n) is 2.59. The molecule has 1 aromatic carbocycles. The fraction of sp³-hybridized carbons (Fsp3) is 0.316. The molecule has 26 heavy (non-hydrogen) atoms. The summed E-state index contributed by atoms with van der Waals surface area (Å²) < 4.78 is 1.46. The highest BCUT2D eigenvalue weighted by Gasteiger charge is 2.11. The van der Waals surface area contributed by atoms with Crippen molar-refractivity contribution < 1.29 is 4.79 Å². The van der Waals surface area contributed by atoms with Crippen LogP contribution in [0.1, 0.15) is 31.0 Å². The zero-order chi connectivity index (χ0) is 18.5. The van der Waals surface area contributed by atoms with Crippen molar-refractivity contribution >= 4 is 33.7 Å². The second kappa shape index (κ2) is 8.42. The van der Waals surface area contributed by atoms with Crippen LogP contribution in [0.4, 0.5) is 5.13 Å². The number of amides is 1. The molecular formula is C19H21N3O2S2. The number of nitrogens with one attached hydrogen (secondary N) is 1. The monoisotopic (exact) mass is 387 g/mol. The zero-order valence-electron chi connectivity index (χ0n) is 14.8. The molecule has 5 nitrogen and oxygen atoms in total. The van der Waals surface area contributed by atoms with Crippen molar-refractivity contribution in [2.24, 2.45) is 0 Å². The van der Waals surface area contributed by atoms with Crippen molar-refractivity contribution in [3.63, 3.8) is 0 Å². The number of rotatable bonds is 7. The van der Waals surface area contributed by atoms with Crippen molar-refractivity contribution in [2.45, 2.75) is 39.7 Å². The molecule has 0 fully saturated rings. The summed E-state index contributed by atoms with van der Waals surface area (Å²) >= 11 is 2.48. The topological polar surface area (TPSA) is 64.0 Å². The van der Waals surface area contributed by atoms with Gasteiger partial charge < -0.3 is 5.32 Å². The van der Waals surface area contributed by atoms with Gasteiger partial charge in [0.15, 0.2) is 5.13 Å². The fourth-order valence-corrected chi connectivity index (χ4v) is 4.06. The molecule has 2 heterocycles. The van der Waals surface area contributed by atoms with Crippen molar-refractivity contribution in [3.8, 4) is 11.3 Å². The molecule has 136 valence electrons. The SMILES string of the molecule is CCCCc1ccc(-c2csc(NC(=O)Cn3c(C)csc3=O)n2)cc1. The molecule has 0 aliphatic carbocycles. The van der Waals surface area contributed by atoms with E-state index in [4.69, 9.17) is 0 Å². The van der Waals surface area contributed by atoms with Crippen LogP contribution in [0.5, 0.6) is 0 Å². The Labute approximate surface area is 160 Å². The van der Waals surface area contributed by atoms with Crippen LogP contribution in [-0.4, -0.2) is 15.5 Å². The smallest absolute Gasteiger partial charge is 0.300 e. The third kappa shape index (κ3) is 4.47. The highest BCUT2D eigenvalue weighted by molar-refractivity contribution is 7.14. The molecule has 0 aliphatic rings. The van der Waals surface area contributed by atoms with E-state index >= 15 is 0 Å². The summed E-state index contributed by atoms with van der Waals surface area (Å²) in [7, 11) is 0. The Kier molecular flexibility index (Phi) is 6.00. The number of thiazole rings is 2. The van der Waals surface area contributed by atoms with Crippen LogP contribution in [0, 0.1) is 6.92 Å². The first-order valence-corrected chi connectivity index (χ1v) is 10.3. The molecule has 1 amide bonds. The first-order chi connectivity index (χ1) is 12.6. The van der Waals surface area contributed by atoms with Gasteiger partial charge in [-0.3, -0.25) is 14.2 Å². The Balaban J connectivity index is 1.64. The molecule has 0 saturated heterocycles. The summed E-state index contributed by atoms with van der Waals surface area (Å²) in [4.78, 5) is 28.2. The average molecular weight is 388 g/mol. The van der Waals surface area contributed by atoms with E-state index in [9.17, 15) is 9.59 Å². The average Bonchev–Trinajstić information content (AvgIpc) is 3.22. The minimum absolute atomic E-state index is 0.00913. The molecule has 0 atom stereocenters. The quantitative estimate of drug-likeness (QED) is 0.656. The van der Waals surface area contributed by atoms with E-state index in [-0.39, 0.29) is 17.3 Å². The van der Waals surface area contributed by atoms with Crippen LogP contribution in [0.2, 0.25) is 0 Å². The summed E-state index contributed by atoms with van der Waals surface area (Å²) in [5, 5.41) is 7.00. The molecule has 3 rings (SSSR count). The summed E-state index contributed by atoms with van der Waals surface area (Å²) in [6, 6.07) is 8.41. The van der Waals surface area contributed by atoms with Gasteiger partial charge in [0, 0.05) is 22.0 Å². The second-order valence-corrected chi connectivity index (χ2v) is 7.79. The molecule has 0 spiro atoms. The number of benzene rings is 1. The van der Waals surface area contributed by atoms with Gasteiger partial charge in [-0.1, -0.05) is 48.9 Å². The van der Waals surface area contributed by atoms with Crippen molar-refractivity contribution in [1.82, 2.24) is 9.55 Å². The molecule has 0 radical (unpaired) electrons. The van der Waals surface area contributed by atoms with Gasteiger partial charge in [-0.25, -0.2) is 4.98 Å². The lowest BCUT2D eigenvalue weighted by molar-refractivity contribution is -0.116. The van der Waals surface area contributed by atoms with Gasteiger partial charge in [0.25, 0.3) is 0 Å². The van der Waals surface area contributed by atoms with Crippen molar-refractivity contribution in [1.29, 1.82) is 0 Å². The molecule has 3 aromatic rings. The Hall–Kier alpha value is -2.25. The maximum Gasteiger partial charge on any atom is 0.307 e. The van der Waals surface area contributed by atoms with Crippen LogP contribution in [0.3, 0.4) is 0 Å². The van der Waals surface area contributed by atoms with Gasteiger partial charge in [-0.05, 0) is 25.3 Å². The molecule has 1 N–H and O–H groups in total. The van der Waals surface area contributed by atoms with E-state index in [0.717, 1.165) is 34.7 Å². The minimum Gasteiger partial charge on any atom is -0.300 e. The van der Waals surface area contributed by atoms with E-state index in [2.05, 4.69) is 41.5 Å². The van der Waals surface area contributed by atoms with E-state index in [1.165, 1.54) is 34.3 Å². The third-order valence-corrected chi connectivity index (χ3v) is 5.74. The number of carbonyl (C=O) groups is 1. The zero-order valence-corrected chi connectivity index (χ0v) is 16.5. The molecular weight excluding hydrogens is 366 g/mol. The Morgan fingerprint density at radius 1 is 1.19 bits per heavy atom. The highest BCUT2D eigenvalue weighted by Crippen LogP contribution is 2.25. The van der Waals surface area contributed by atoms with E-state index < -0.39 is 0 Å². The maximum absolute atomic E-state index is 12.2. The second-order valence-electron chi connectivity index (χ2n) is 6.12. The lowest BCUT2D eigenvalue weighted by Crippen LogP contribution is -2.25. The number of anilines is 1. The third-order valence-electron chi connectivity index (χ3n) is 4.10. The van der Waals surface area contributed by atoms with Gasteiger partial charge in [0.05, 0.1) is 5.69 Å². The van der Waals surface area contributed by atoms with Gasteiger partial charge in [0.1, 0.15) is 6.54 Å². The number of aromatic nitrogens is 2. The largest absolute Gasteiger partial charge is 0.307 e. The summed E-state index contributed by atoms with van der Waals surface area (Å²) in [5.74, 6) is -0.246. The summed E-state index contributed by atoms with van der Waals surface area (Å²) in [6.45, 7) is 4.02. The molecule has 0 bridgehead atoms. The van der Waals surface area contributed by atoms with Gasteiger partial charge in [-0.15, -0.1) is 11.3 Å². The predicted octanol–water partition coefficient (Wildman–Crippen LogP) is 4.32. The first-order valence-electron chi connectivity index (χ1n) is 8.56. The Morgan fingerprint density at radius 2 is 1.96 bits per heavy atom. The van der Waals surface area contributed by atoms with E-state index in [1.807, 2.05) is 12.3 Å². The molecule has 7 heteroatoms.